The van der Waals surface area contributed by atoms with E-state index in [0.29, 0.717) is 35.8 Å². The van der Waals surface area contributed by atoms with Crippen molar-refractivity contribution >= 4 is 17.5 Å². The van der Waals surface area contributed by atoms with Crippen LogP contribution in [-0.4, -0.2) is 34.7 Å². The fourth-order valence-electron chi connectivity index (χ4n) is 2.25. The second-order valence-corrected chi connectivity index (χ2v) is 5.17. The summed E-state index contributed by atoms with van der Waals surface area (Å²) in [5.41, 5.74) is 1.08. The average molecular weight is 330 g/mol. The number of rotatable bonds is 7. The molecule has 1 aromatic heterocycles. The van der Waals surface area contributed by atoms with Crippen LogP contribution in [0, 0.1) is 0 Å². The standard InChI is InChI=1S/C17H22N4O3/c1-4-10-18-17(23)15-13(11-19-21(15)3)20-16(22)12-8-6-7-9-14(12)24-5-2/h6-9,11H,4-5,10H2,1-3H3,(H,18,23)(H,20,22). The van der Waals surface area contributed by atoms with Gasteiger partial charge in [0.15, 0.2) is 0 Å². The highest BCUT2D eigenvalue weighted by Crippen LogP contribution is 2.21. The largest absolute Gasteiger partial charge is 0.493 e. The molecule has 1 aromatic carbocycles. The maximum Gasteiger partial charge on any atom is 0.271 e. The molecule has 0 radical (unpaired) electrons. The minimum atomic E-state index is -0.350. The van der Waals surface area contributed by atoms with Crippen LogP contribution in [0.25, 0.3) is 0 Å². The third kappa shape index (κ3) is 3.92. The zero-order valence-electron chi connectivity index (χ0n) is 14.1. The Kier molecular flexibility index (Phi) is 5.95. The van der Waals surface area contributed by atoms with Crippen molar-refractivity contribution in [2.45, 2.75) is 20.3 Å². The van der Waals surface area contributed by atoms with Crippen molar-refractivity contribution in [1.82, 2.24) is 15.1 Å². The molecule has 0 aliphatic heterocycles. The smallest absolute Gasteiger partial charge is 0.271 e. The van der Waals surface area contributed by atoms with E-state index in [1.807, 2.05) is 13.8 Å². The molecular formula is C17H22N4O3. The van der Waals surface area contributed by atoms with Crippen molar-refractivity contribution in [2.75, 3.05) is 18.5 Å². The van der Waals surface area contributed by atoms with Gasteiger partial charge in [-0.05, 0) is 25.5 Å². The molecule has 0 saturated heterocycles. The molecule has 0 saturated carbocycles. The molecule has 0 aliphatic carbocycles. The van der Waals surface area contributed by atoms with Crippen molar-refractivity contribution in [3.8, 4) is 5.75 Å². The number of carbonyl (C=O) groups is 2. The van der Waals surface area contributed by atoms with Crippen molar-refractivity contribution < 1.29 is 14.3 Å². The molecule has 0 fully saturated rings. The summed E-state index contributed by atoms with van der Waals surface area (Å²) in [5.74, 6) is -0.125. The molecule has 0 aliphatic rings. The summed E-state index contributed by atoms with van der Waals surface area (Å²) >= 11 is 0. The van der Waals surface area contributed by atoms with E-state index in [0.717, 1.165) is 6.42 Å². The molecule has 0 bridgehead atoms. The lowest BCUT2D eigenvalue weighted by atomic mass is 10.2. The number of hydrogen-bond acceptors (Lipinski definition) is 4. The van der Waals surface area contributed by atoms with Crippen molar-refractivity contribution in [2.24, 2.45) is 7.05 Å². The first-order valence-corrected chi connectivity index (χ1v) is 7.91. The van der Waals surface area contributed by atoms with Crippen LogP contribution in [0.15, 0.2) is 30.5 Å². The number of aromatic nitrogens is 2. The molecule has 2 aromatic rings. The molecule has 0 spiro atoms. The van der Waals surface area contributed by atoms with Gasteiger partial charge < -0.3 is 15.4 Å². The number of carbonyl (C=O) groups excluding carboxylic acids is 2. The number of ether oxygens (including phenoxy) is 1. The van der Waals surface area contributed by atoms with Crippen LogP contribution in [0.4, 0.5) is 5.69 Å². The number of anilines is 1. The molecule has 0 atom stereocenters. The molecular weight excluding hydrogens is 308 g/mol. The van der Waals surface area contributed by atoms with E-state index >= 15 is 0 Å². The van der Waals surface area contributed by atoms with Crippen molar-refractivity contribution in [1.29, 1.82) is 0 Å². The molecule has 1 heterocycles. The first kappa shape index (κ1) is 17.5. The normalized spacial score (nSPS) is 10.3. The van der Waals surface area contributed by atoms with E-state index in [4.69, 9.17) is 4.74 Å². The summed E-state index contributed by atoms with van der Waals surface area (Å²) in [6.07, 6.45) is 2.29. The second-order valence-electron chi connectivity index (χ2n) is 5.17. The quantitative estimate of drug-likeness (QED) is 0.815. The number of aryl methyl sites for hydroxylation is 1. The highest BCUT2D eigenvalue weighted by Gasteiger charge is 2.20. The van der Waals surface area contributed by atoms with E-state index in [1.54, 1.807) is 31.3 Å². The predicted molar refractivity (Wildman–Crippen MR) is 91.4 cm³/mol. The van der Waals surface area contributed by atoms with Gasteiger partial charge in [0.1, 0.15) is 11.4 Å². The fourth-order valence-corrected chi connectivity index (χ4v) is 2.25. The third-order valence-corrected chi connectivity index (χ3v) is 3.37. The lowest BCUT2D eigenvalue weighted by molar-refractivity contribution is 0.0945. The zero-order valence-corrected chi connectivity index (χ0v) is 14.1. The van der Waals surface area contributed by atoms with Gasteiger partial charge in [0.25, 0.3) is 11.8 Å². The molecule has 2 amide bonds. The van der Waals surface area contributed by atoms with E-state index < -0.39 is 0 Å². The van der Waals surface area contributed by atoms with E-state index in [2.05, 4.69) is 15.7 Å². The van der Waals surface area contributed by atoms with Crippen LogP contribution >= 0.6 is 0 Å². The van der Waals surface area contributed by atoms with Crippen LogP contribution in [0.2, 0.25) is 0 Å². The lowest BCUT2D eigenvalue weighted by Gasteiger charge is -2.11. The first-order chi connectivity index (χ1) is 11.6. The maximum atomic E-state index is 12.5. The van der Waals surface area contributed by atoms with Gasteiger partial charge in [-0.1, -0.05) is 19.1 Å². The van der Waals surface area contributed by atoms with E-state index in [9.17, 15) is 9.59 Å². The average Bonchev–Trinajstić information content (AvgIpc) is 2.94. The minimum absolute atomic E-state index is 0.273. The topological polar surface area (TPSA) is 85.2 Å². The Balaban J connectivity index is 2.23. The number of para-hydroxylation sites is 1. The maximum absolute atomic E-state index is 12.5. The Hall–Kier alpha value is -2.83. The fraction of sp³-hybridized carbons (Fsp3) is 0.353. The number of amides is 2. The van der Waals surface area contributed by atoms with Crippen LogP contribution < -0.4 is 15.4 Å². The summed E-state index contributed by atoms with van der Waals surface area (Å²) < 4.78 is 6.91. The Bertz CT molecular complexity index is 724. The number of nitrogens with zero attached hydrogens (tertiary/aromatic N) is 2. The summed E-state index contributed by atoms with van der Waals surface area (Å²) in [6, 6.07) is 6.97. The van der Waals surface area contributed by atoms with Crippen molar-refractivity contribution in [3.05, 3.63) is 41.7 Å². The Labute approximate surface area is 141 Å². The molecule has 0 unspecified atom stereocenters. The summed E-state index contributed by atoms with van der Waals surface area (Å²) in [4.78, 5) is 24.8. The minimum Gasteiger partial charge on any atom is -0.493 e. The zero-order chi connectivity index (χ0) is 17.5. The van der Waals surface area contributed by atoms with Gasteiger partial charge in [-0.25, -0.2) is 0 Å². The predicted octanol–water partition coefficient (Wildman–Crippen LogP) is 2.21. The second kappa shape index (κ2) is 8.14. The summed E-state index contributed by atoms with van der Waals surface area (Å²) in [5, 5.41) is 9.59. The molecule has 7 nitrogen and oxygen atoms in total. The SMILES string of the molecule is CCCNC(=O)c1c(NC(=O)c2ccccc2OCC)cnn1C. The lowest BCUT2D eigenvalue weighted by Crippen LogP contribution is -2.27. The van der Waals surface area contributed by atoms with E-state index in [-0.39, 0.29) is 11.8 Å². The Morgan fingerprint density at radius 2 is 1.96 bits per heavy atom. The Morgan fingerprint density at radius 1 is 1.21 bits per heavy atom. The summed E-state index contributed by atoms with van der Waals surface area (Å²) in [6.45, 7) is 4.84. The van der Waals surface area contributed by atoms with Gasteiger partial charge in [-0.2, -0.15) is 5.10 Å². The Morgan fingerprint density at radius 3 is 2.67 bits per heavy atom. The molecule has 7 heteroatoms. The van der Waals surface area contributed by atoms with Gasteiger partial charge in [-0.3, -0.25) is 14.3 Å². The number of benzene rings is 1. The summed E-state index contributed by atoms with van der Waals surface area (Å²) in [7, 11) is 1.66. The van der Waals surface area contributed by atoms with Gasteiger partial charge in [0, 0.05) is 13.6 Å². The third-order valence-electron chi connectivity index (χ3n) is 3.37. The number of nitrogens with one attached hydrogen (secondary N) is 2. The molecule has 2 rings (SSSR count). The van der Waals surface area contributed by atoms with Crippen molar-refractivity contribution in [3.63, 3.8) is 0 Å². The highest BCUT2D eigenvalue weighted by molar-refractivity contribution is 6.09. The van der Waals surface area contributed by atoms with Gasteiger partial charge in [0.05, 0.1) is 24.1 Å². The molecule has 128 valence electrons. The van der Waals surface area contributed by atoms with Gasteiger partial charge in [0.2, 0.25) is 0 Å². The highest BCUT2D eigenvalue weighted by atomic mass is 16.5. The van der Waals surface area contributed by atoms with Gasteiger partial charge >= 0.3 is 0 Å². The van der Waals surface area contributed by atoms with Crippen LogP contribution in [0.5, 0.6) is 5.75 Å². The monoisotopic (exact) mass is 330 g/mol. The first-order valence-electron chi connectivity index (χ1n) is 7.91. The van der Waals surface area contributed by atoms with Crippen LogP contribution in [0.1, 0.15) is 41.1 Å². The van der Waals surface area contributed by atoms with Crippen LogP contribution in [-0.2, 0) is 7.05 Å². The molecule has 24 heavy (non-hydrogen) atoms. The number of hydrogen-bond donors (Lipinski definition) is 2. The van der Waals surface area contributed by atoms with E-state index in [1.165, 1.54) is 10.9 Å². The molecule has 2 N–H and O–H groups in total. The van der Waals surface area contributed by atoms with Gasteiger partial charge in [-0.15, -0.1) is 0 Å². The van der Waals surface area contributed by atoms with Crippen LogP contribution in [0.3, 0.4) is 0 Å².